The number of halogens is 20. The van der Waals surface area contributed by atoms with Crippen LogP contribution in [0.3, 0.4) is 0 Å². The van der Waals surface area contributed by atoms with Crippen molar-refractivity contribution in [1.29, 1.82) is 0 Å². The first-order chi connectivity index (χ1) is 29.7. The second kappa shape index (κ2) is 17.6. The maximum atomic E-state index is 15.4. The lowest BCUT2D eigenvalue weighted by molar-refractivity contribution is -0.683. The van der Waals surface area contributed by atoms with Gasteiger partial charge in [0.1, 0.15) is 52.7 Å². The number of carbonyl (C=O) groups is 1. The minimum Gasteiger partial charge on any atom is -0.287 e. The van der Waals surface area contributed by atoms with E-state index in [1.165, 1.54) is 5.56 Å². The van der Waals surface area contributed by atoms with E-state index in [4.69, 9.17) is 0 Å². The second-order valence-corrected chi connectivity index (χ2v) is 14.6. The van der Waals surface area contributed by atoms with Gasteiger partial charge in [0, 0.05) is 17.7 Å². The maximum Gasteiger partial charge on any atom is 0.227 e. The van der Waals surface area contributed by atoms with Crippen LogP contribution < -0.4 is 26.4 Å². The fourth-order valence-electron chi connectivity index (χ4n) is 6.83. The molecule has 6 aromatic rings. The summed E-state index contributed by atoms with van der Waals surface area (Å²) >= 11 is 0. The van der Waals surface area contributed by atoms with Gasteiger partial charge in [0.2, 0.25) is 12.3 Å². The monoisotopic (exact) mass is 933 g/mol. The Balaban J connectivity index is 0.000000337. The zero-order valence-corrected chi connectivity index (χ0v) is 31.9. The quantitative estimate of drug-likeness (QED) is 0.0392. The molecule has 0 aliphatic rings. The van der Waals surface area contributed by atoms with Crippen molar-refractivity contribution < 1.29 is 97.2 Å². The first-order valence-electron chi connectivity index (χ1n) is 17.5. The average molecular weight is 933 g/mol. The molecule has 0 aliphatic heterocycles. The van der Waals surface area contributed by atoms with E-state index in [0.717, 1.165) is 5.56 Å². The topological polar surface area (TPSA) is 20.9 Å². The van der Waals surface area contributed by atoms with Crippen LogP contribution in [-0.2, 0) is 12.0 Å². The predicted molar refractivity (Wildman–Crippen MR) is 185 cm³/mol. The molecular weight excluding hydrogens is 913 g/mol. The van der Waals surface area contributed by atoms with Gasteiger partial charge in [0.25, 0.3) is 0 Å². The molecule has 0 atom stereocenters. The Morgan fingerprint density at radius 2 is 0.625 bits per heavy atom. The number of carbonyl (C=O) groups excluding carboxylic acids is 1. The van der Waals surface area contributed by atoms with Crippen LogP contribution in [0.15, 0.2) is 54.9 Å². The Bertz CT molecular complexity index is 2470. The normalized spacial score (nSPS) is 11.8. The molecule has 2 nitrogen and oxygen atoms in total. The van der Waals surface area contributed by atoms with E-state index in [-0.39, 0.29) is 11.2 Å². The summed E-state index contributed by atoms with van der Waals surface area (Å²) in [6, 6.07) is 13.7. The lowest BCUT2D eigenvalue weighted by Crippen LogP contribution is -2.81. The van der Waals surface area contributed by atoms with Crippen LogP contribution in [0.2, 0.25) is 0 Å². The average Bonchev–Trinajstić information content (AvgIpc) is 3.26. The van der Waals surface area contributed by atoms with Crippen LogP contribution in [0.5, 0.6) is 0 Å². The van der Waals surface area contributed by atoms with E-state index in [0.29, 0.717) is 6.54 Å². The molecule has 338 valence electrons. The van der Waals surface area contributed by atoms with Crippen LogP contribution in [0.4, 0.5) is 87.8 Å². The minimum atomic E-state index is -7.22. The third-order valence-electron chi connectivity index (χ3n) is 9.88. The lowest BCUT2D eigenvalue weighted by Gasteiger charge is -2.44. The molecule has 23 heteroatoms. The van der Waals surface area contributed by atoms with E-state index in [9.17, 15) is 57.5 Å². The number of hydrogen-bond donors (Lipinski definition) is 0. The van der Waals surface area contributed by atoms with Gasteiger partial charge in [-0.1, -0.05) is 51.1 Å². The maximum absolute atomic E-state index is 15.4. The number of hydrogen-bond acceptors (Lipinski definition) is 1. The predicted octanol–water partition coefficient (Wildman–Crippen LogP) is 9.00. The van der Waals surface area contributed by atoms with Crippen molar-refractivity contribution >= 4 is 33.8 Å². The van der Waals surface area contributed by atoms with Gasteiger partial charge in [0.05, 0.1) is 0 Å². The van der Waals surface area contributed by atoms with Gasteiger partial charge in [0.15, 0.2) is 82.2 Å². The highest BCUT2D eigenvalue weighted by Crippen LogP contribution is 2.31. The summed E-state index contributed by atoms with van der Waals surface area (Å²) in [7, 11) is 0. The van der Waals surface area contributed by atoms with E-state index in [1.54, 1.807) is 0 Å². The summed E-state index contributed by atoms with van der Waals surface area (Å²) in [5, 5.41) is 0. The Labute approximate surface area is 345 Å². The molecule has 64 heavy (non-hydrogen) atoms. The van der Waals surface area contributed by atoms with Gasteiger partial charge < -0.3 is 0 Å². The highest BCUT2D eigenvalue weighted by Gasteiger charge is 2.52. The molecule has 0 aliphatic carbocycles. The molecule has 1 aromatic heterocycles. The molecule has 0 saturated heterocycles. The smallest absolute Gasteiger partial charge is 0.227 e. The highest BCUT2D eigenvalue weighted by atomic mass is 19.2. The van der Waals surface area contributed by atoms with E-state index >= 15 is 35.1 Å². The van der Waals surface area contributed by atoms with Gasteiger partial charge in [-0.2, -0.15) is 4.57 Å². The summed E-state index contributed by atoms with van der Waals surface area (Å²) in [6.07, 6.45) is -3.41. The molecule has 6 rings (SSSR count). The molecule has 0 spiro atoms. The second-order valence-electron chi connectivity index (χ2n) is 14.6. The van der Waals surface area contributed by atoms with E-state index in [1.807, 2.05) is 59.4 Å². The third-order valence-corrected chi connectivity index (χ3v) is 9.88. The van der Waals surface area contributed by atoms with Gasteiger partial charge in [-0.25, -0.2) is 87.8 Å². The van der Waals surface area contributed by atoms with Crippen molar-refractivity contribution in [3.63, 3.8) is 0 Å². The van der Waals surface area contributed by atoms with Gasteiger partial charge in [-0.3, -0.25) is 4.79 Å². The standard InChI is InChI=1S/C24BF20.C17H20NO/c26-5-1(6(27)14(35)21(42)13(5)34)25(2-7(28)15(36)22(43)16(37)8(2)29,3-9(30)17(38)23(44)18(39)10(3)31)4-11(32)19(40)24(45)20(41)12(4)33;1-17(2,3)15-9-7-14(8-10-15)16(19)13-18-11-5-4-6-12-18/h;4-12H,13H2,1-3H3/q-1;+1. The number of ketones is 1. The van der Waals surface area contributed by atoms with Gasteiger partial charge in [-0.15, -0.1) is 21.9 Å². The zero-order chi connectivity index (χ0) is 48.2. The lowest BCUT2D eigenvalue weighted by atomic mass is 9.12. The summed E-state index contributed by atoms with van der Waals surface area (Å²) < 4.78 is 296. The molecule has 0 saturated carbocycles. The minimum absolute atomic E-state index is 0.121. The van der Waals surface area contributed by atoms with Crippen LogP contribution >= 0.6 is 0 Å². The van der Waals surface area contributed by atoms with E-state index < -0.39 is 144 Å². The van der Waals surface area contributed by atoms with Gasteiger partial charge in [-0.05, 0) is 11.0 Å². The summed E-state index contributed by atoms with van der Waals surface area (Å²) in [5.41, 5.74) is -12.2. The van der Waals surface area contributed by atoms with E-state index in [2.05, 4.69) is 20.8 Å². The molecule has 0 amide bonds. The largest absolute Gasteiger partial charge is 0.287 e. The first-order valence-corrected chi connectivity index (χ1v) is 17.5. The van der Waals surface area contributed by atoms with Gasteiger partial charge >= 0.3 is 0 Å². The molecule has 5 aromatic carbocycles. The van der Waals surface area contributed by atoms with Crippen molar-refractivity contribution in [2.24, 2.45) is 0 Å². The number of pyridine rings is 1. The Hall–Kier alpha value is -6.42. The Kier molecular flexibility index (Phi) is 13.4. The molecule has 0 bridgehead atoms. The van der Waals surface area contributed by atoms with Crippen molar-refractivity contribution in [2.75, 3.05) is 0 Å². The summed E-state index contributed by atoms with van der Waals surface area (Å²) in [5.74, 6) is -71.3. The van der Waals surface area contributed by atoms with Crippen LogP contribution in [0.1, 0.15) is 36.7 Å². The molecule has 0 unspecified atom stereocenters. The summed E-state index contributed by atoms with van der Waals surface area (Å²) in [4.78, 5) is 12.2. The zero-order valence-electron chi connectivity index (χ0n) is 31.9. The fraction of sp³-hybridized carbons (Fsp3) is 0.122. The molecular formula is C41H20BF20NO. The van der Waals surface area contributed by atoms with Crippen LogP contribution in [0.25, 0.3) is 0 Å². The number of Topliss-reactive ketones (excluding diaryl/α,β-unsaturated/α-hetero) is 1. The van der Waals surface area contributed by atoms with Crippen molar-refractivity contribution in [3.8, 4) is 0 Å². The third kappa shape index (κ3) is 7.81. The number of rotatable bonds is 7. The van der Waals surface area contributed by atoms with Crippen molar-refractivity contribution in [1.82, 2.24) is 0 Å². The fourth-order valence-corrected chi connectivity index (χ4v) is 6.83. The molecule has 0 radical (unpaired) electrons. The number of nitrogens with zero attached hydrogens (tertiary/aromatic N) is 1. The SMILES string of the molecule is CC(C)(C)c1ccc(C(=O)C[n+]2ccccc2)cc1.Fc1c(F)c(F)c([B-](c2c(F)c(F)c(F)c(F)c2F)(c2c(F)c(F)c(F)c(F)c2F)c2c(F)c(F)c(F)c(F)c2F)c(F)c1F. The van der Waals surface area contributed by atoms with Crippen LogP contribution in [-0.4, -0.2) is 11.9 Å². The summed E-state index contributed by atoms with van der Waals surface area (Å²) in [6.45, 7) is 6.90. The van der Waals surface area contributed by atoms with Crippen molar-refractivity contribution in [3.05, 3.63) is 182 Å². The molecule has 1 heterocycles. The number of benzene rings is 5. The molecule has 0 fully saturated rings. The Morgan fingerprint density at radius 3 is 0.859 bits per heavy atom. The van der Waals surface area contributed by atoms with Crippen LogP contribution in [0, 0.1) is 116 Å². The molecule has 0 N–H and O–H groups in total. The first kappa shape index (κ1) is 48.6. The van der Waals surface area contributed by atoms with Crippen molar-refractivity contribution in [2.45, 2.75) is 32.7 Å². The Morgan fingerprint density at radius 1 is 0.391 bits per heavy atom. The highest BCUT2D eigenvalue weighted by molar-refractivity contribution is 7.20. The number of aromatic nitrogens is 1.